The van der Waals surface area contributed by atoms with Crippen LogP contribution in [0.4, 0.5) is 0 Å². The number of carbonyl (C=O) groups excluding carboxylic acids is 1. The first kappa shape index (κ1) is 24.3. The second-order valence-corrected chi connectivity index (χ2v) is 9.94. The summed E-state index contributed by atoms with van der Waals surface area (Å²) in [5.41, 5.74) is 5.96. The van der Waals surface area contributed by atoms with Crippen LogP contribution < -0.4 is 10.2 Å². The Hall–Kier alpha value is -2.34. The number of carbonyl (C=O) groups is 1. The zero-order chi connectivity index (χ0) is 23.3. The summed E-state index contributed by atoms with van der Waals surface area (Å²) in [5, 5.41) is 5.19. The van der Waals surface area contributed by atoms with E-state index >= 15 is 0 Å². The lowest BCUT2D eigenvalue weighted by atomic mass is 9.87. The van der Waals surface area contributed by atoms with E-state index in [1.165, 1.54) is 5.56 Å². The maximum Gasteiger partial charge on any atom is 0.271 e. The summed E-state index contributed by atoms with van der Waals surface area (Å²) in [4.78, 5) is 12.3. The van der Waals surface area contributed by atoms with E-state index in [0.717, 1.165) is 15.6 Å². The molecule has 7 heteroatoms. The zero-order valence-electron chi connectivity index (χ0n) is 18.0. The van der Waals surface area contributed by atoms with Crippen molar-refractivity contribution >= 4 is 51.3 Å². The lowest BCUT2D eigenvalue weighted by molar-refractivity contribution is 0.0955. The van der Waals surface area contributed by atoms with Crippen LogP contribution in [-0.2, 0) is 12.0 Å². The summed E-state index contributed by atoms with van der Waals surface area (Å²) in [5.74, 6) is 0.400. The number of hydrogen-bond donors (Lipinski definition) is 1. The van der Waals surface area contributed by atoms with Crippen LogP contribution >= 0.6 is 39.1 Å². The molecule has 0 radical (unpaired) electrons. The Balaban J connectivity index is 1.58. The average Bonchev–Trinajstić information content (AvgIpc) is 2.73. The van der Waals surface area contributed by atoms with Crippen molar-refractivity contribution in [2.45, 2.75) is 32.8 Å². The van der Waals surface area contributed by atoms with E-state index in [4.69, 9.17) is 27.9 Å². The number of ether oxygens (including phenoxy) is 1. The van der Waals surface area contributed by atoms with Crippen molar-refractivity contribution in [1.82, 2.24) is 5.43 Å². The molecule has 0 spiro atoms. The molecule has 4 nitrogen and oxygen atoms in total. The van der Waals surface area contributed by atoms with Gasteiger partial charge in [-0.3, -0.25) is 4.79 Å². The summed E-state index contributed by atoms with van der Waals surface area (Å²) in [7, 11) is 0. The Morgan fingerprint density at radius 2 is 1.78 bits per heavy atom. The van der Waals surface area contributed by atoms with E-state index in [2.05, 4.69) is 47.2 Å². The minimum absolute atomic E-state index is 0.0392. The zero-order valence-corrected chi connectivity index (χ0v) is 21.1. The lowest BCUT2D eigenvalue weighted by Gasteiger charge is -2.18. The second kappa shape index (κ2) is 10.5. The standard InChI is InChI=1S/C25H23BrCl2N2O2/c1-25(2,3)19-8-5-17(6-9-19)24(31)30-29-14-16-4-11-23(21(26)12-16)32-15-18-7-10-20(27)13-22(18)28/h4-14H,15H2,1-3H3,(H,30,31)/b29-14-. The lowest BCUT2D eigenvalue weighted by Crippen LogP contribution is -2.18. The van der Waals surface area contributed by atoms with Crippen LogP contribution in [0.25, 0.3) is 0 Å². The van der Waals surface area contributed by atoms with Crippen molar-refractivity contribution in [2.75, 3.05) is 0 Å². The first-order valence-corrected chi connectivity index (χ1v) is 11.5. The van der Waals surface area contributed by atoms with Crippen LogP contribution in [0.2, 0.25) is 10.0 Å². The fourth-order valence-corrected chi connectivity index (χ4v) is 3.83. The Bertz CT molecular complexity index is 1140. The predicted octanol–water partition coefficient (Wildman–Crippen LogP) is 7.40. The molecule has 3 rings (SSSR count). The van der Waals surface area contributed by atoms with Gasteiger partial charge in [0.2, 0.25) is 0 Å². The summed E-state index contributed by atoms with van der Waals surface area (Å²) in [6.45, 7) is 6.71. The smallest absolute Gasteiger partial charge is 0.271 e. The van der Waals surface area contributed by atoms with E-state index in [1.54, 1.807) is 30.5 Å². The molecule has 1 N–H and O–H groups in total. The molecule has 3 aromatic carbocycles. The molecule has 3 aromatic rings. The molecule has 0 heterocycles. The summed E-state index contributed by atoms with van der Waals surface area (Å²) in [6.07, 6.45) is 1.58. The molecule has 0 aromatic heterocycles. The van der Waals surface area contributed by atoms with Crippen LogP contribution in [0.3, 0.4) is 0 Å². The van der Waals surface area contributed by atoms with Gasteiger partial charge in [0.15, 0.2) is 0 Å². The van der Waals surface area contributed by atoms with Gasteiger partial charge in [-0.05, 0) is 74.9 Å². The topological polar surface area (TPSA) is 50.7 Å². The van der Waals surface area contributed by atoms with Crippen molar-refractivity contribution in [3.05, 3.63) is 97.4 Å². The quantitative estimate of drug-likeness (QED) is 0.265. The Kier molecular flexibility index (Phi) is 7.99. The highest BCUT2D eigenvalue weighted by Crippen LogP contribution is 2.28. The number of halogens is 3. The number of hydrogen-bond acceptors (Lipinski definition) is 3. The molecule has 0 saturated heterocycles. The Morgan fingerprint density at radius 3 is 2.41 bits per heavy atom. The molecule has 0 aliphatic heterocycles. The molecular weight excluding hydrogens is 511 g/mol. The third-order valence-electron chi connectivity index (χ3n) is 4.75. The van der Waals surface area contributed by atoms with E-state index < -0.39 is 0 Å². The van der Waals surface area contributed by atoms with E-state index in [0.29, 0.717) is 28.0 Å². The largest absolute Gasteiger partial charge is 0.488 e. The minimum atomic E-state index is -0.263. The van der Waals surface area contributed by atoms with Crippen LogP contribution in [0, 0.1) is 0 Å². The highest BCUT2D eigenvalue weighted by atomic mass is 79.9. The molecule has 166 valence electrons. The monoisotopic (exact) mass is 532 g/mol. The molecule has 0 bridgehead atoms. The van der Waals surface area contributed by atoms with E-state index in [-0.39, 0.29) is 11.3 Å². The molecule has 0 aliphatic rings. The molecule has 32 heavy (non-hydrogen) atoms. The summed E-state index contributed by atoms with van der Waals surface area (Å²) < 4.78 is 6.60. The number of amides is 1. The molecule has 0 saturated carbocycles. The molecule has 1 amide bonds. The van der Waals surface area contributed by atoms with Gasteiger partial charge < -0.3 is 4.74 Å². The molecular formula is C25H23BrCl2N2O2. The van der Waals surface area contributed by atoms with E-state index in [1.807, 2.05) is 36.4 Å². The number of nitrogens with one attached hydrogen (secondary N) is 1. The average molecular weight is 534 g/mol. The van der Waals surface area contributed by atoms with Crippen molar-refractivity contribution in [1.29, 1.82) is 0 Å². The fraction of sp³-hybridized carbons (Fsp3) is 0.200. The van der Waals surface area contributed by atoms with Crippen molar-refractivity contribution in [3.63, 3.8) is 0 Å². The Labute approximate surface area is 206 Å². The van der Waals surface area contributed by atoms with Gasteiger partial charge >= 0.3 is 0 Å². The van der Waals surface area contributed by atoms with Gasteiger partial charge in [0.25, 0.3) is 5.91 Å². The van der Waals surface area contributed by atoms with Crippen LogP contribution in [-0.4, -0.2) is 12.1 Å². The predicted molar refractivity (Wildman–Crippen MR) is 135 cm³/mol. The maximum atomic E-state index is 12.3. The highest BCUT2D eigenvalue weighted by molar-refractivity contribution is 9.10. The van der Waals surface area contributed by atoms with Crippen molar-refractivity contribution < 1.29 is 9.53 Å². The van der Waals surface area contributed by atoms with Crippen molar-refractivity contribution in [3.8, 4) is 5.75 Å². The van der Waals surface area contributed by atoms with Crippen molar-refractivity contribution in [2.24, 2.45) is 5.10 Å². The molecule has 0 atom stereocenters. The molecule has 0 unspecified atom stereocenters. The van der Waals surface area contributed by atoms with Gasteiger partial charge in [-0.15, -0.1) is 0 Å². The first-order chi connectivity index (χ1) is 15.1. The third-order valence-corrected chi connectivity index (χ3v) is 5.95. The summed E-state index contributed by atoms with van der Waals surface area (Å²) in [6, 6.07) is 18.3. The van der Waals surface area contributed by atoms with Gasteiger partial charge in [-0.1, -0.05) is 62.2 Å². The minimum Gasteiger partial charge on any atom is -0.488 e. The number of hydrazone groups is 1. The van der Waals surface area contributed by atoms with Gasteiger partial charge in [0.05, 0.1) is 10.7 Å². The van der Waals surface area contributed by atoms with Gasteiger partial charge in [-0.25, -0.2) is 5.43 Å². The second-order valence-electron chi connectivity index (χ2n) is 8.24. The van der Waals surface area contributed by atoms with Crippen LogP contribution in [0.5, 0.6) is 5.75 Å². The number of rotatable bonds is 6. The maximum absolute atomic E-state index is 12.3. The normalized spacial score (nSPS) is 11.6. The van der Waals surface area contributed by atoms with Gasteiger partial charge in [-0.2, -0.15) is 5.10 Å². The van der Waals surface area contributed by atoms with Crippen LogP contribution in [0.15, 0.2) is 70.2 Å². The van der Waals surface area contributed by atoms with Gasteiger partial charge in [0, 0.05) is 21.2 Å². The first-order valence-electron chi connectivity index (χ1n) is 9.94. The van der Waals surface area contributed by atoms with E-state index in [9.17, 15) is 4.79 Å². The number of nitrogens with zero attached hydrogens (tertiary/aromatic N) is 1. The van der Waals surface area contributed by atoms with Crippen LogP contribution in [0.1, 0.15) is 47.8 Å². The highest BCUT2D eigenvalue weighted by Gasteiger charge is 2.14. The third kappa shape index (κ3) is 6.58. The van der Waals surface area contributed by atoms with Gasteiger partial charge in [0.1, 0.15) is 12.4 Å². The number of benzene rings is 3. The summed E-state index contributed by atoms with van der Waals surface area (Å²) >= 11 is 15.6. The fourth-order valence-electron chi connectivity index (χ4n) is 2.86. The Morgan fingerprint density at radius 1 is 1.06 bits per heavy atom. The molecule has 0 aliphatic carbocycles. The molecule has 0 fully saturated rings. The SMILES string of the molecule is CC(C)(C)c1ccc(C(=O)N/N=C\c2ccc(OCc3ccc(Cl)cc3Cl)c(Br)c2)cc1.